The number of methoxy groups -OCH3 is 1. The maximum atomic E-state index is 6.30. The van der Waals surface area contributed by atoms with Crippen LogP contribution in [-0.4, -0.2) is 16.7 Å². The van der Waals surface area contributed by atoms with E-state index in [4.69, 9.17) is 16.3 Å². The van der Waals surface area contributed by atoms with Gasteiger partial charge in [-0.2, -0.15) is 0 Å². The summed E-state index contributed by atoms with van der Waals surface area (Å²) in [5.74, 6) is 0.649. The summed E-state index contributed by atoms with van der Waals surface area (Å²) >= 11 is 6.30. The van der Waals surface area contributed by atoms with Gasteiger partial charge in [-0.05, 0) is 37.1 Å². The van der Waals surface area contributed by atoms with Gasteiger partial charge in [0.05, 0.1) is 7.11 Å². The lowest BCUT2D eigenvalue weighted by atomic mass is 10.2. The third-order valence-corrected chi connectivity index (χ3v) is 4.36. The van der Waals surface area contributed by atoms with Gasteiger partial charge in [0.2, 0.25) is 5.88 Å². The molecule has 1 aromatic carbocycles. The van der Waals surface area contributed by atoms with Crippen LogP contribution in [0.5, 0.6) is 5.88 Å². The zero-order valence-corrected chi connectivity index (χ0v) is 14.3. The van der Waals surface area contributed by atoms with Crippen molar-refractivity contribution in [3.8, 4) is 5.88 Å². The van der Waals surface area contributed by atoms with E-state index in [1.807, 2.05) is 30.3 Å². The van der Waals surface area contributed by atoms with E-state index in [2.05, 4.69) is 23.4 Å². The van der Waals surface area contributed by atoms with Crippen LogP contribution >= 0.6 is 24.0 Å². The third kappa shape index (κ3) is 2.67. The van der Waals surface area contributed by atoms with Crippen molar-refractivity contribution in [3.05, 3.63) is 58.4 Å². The van der Waals surface area contributed by atoms with Crippen LogP contribution < -0.4 is 4.74 Å². The number of hydrogen-bond donors (Lipinski definition) is 0. The highest BCUT2D eigenvalue weighted by Gasteiger charge is 2.16. The normalized spacial score (nSPS) is 10.5. The molecule has 0 spiro atoms. The summed E-state index contributed by atoms with van der Waals surface area (Å²) in [5.41, 5.74) is 4.56. The van der Waals surface area contributed by atoms with Gasteiger partial charge in [0.15, 0.2) is 0 Å². The van der Waals surface area contributed by atoms with E-state index in [-0.39, 0.29) is 12.4 Å². The average Bonchev–Trinajstić information content (AvgIpc) is 2.74. The summed E-state index contributed by atoms with van der Waals surface area (Å²) in [6, 6.07) is 9.94. The molecule has 0 aliphatic carbocycles. The van der Waals surface area contributed by atoms with Crippen molar-refractivity contribution < 1.29 is 4.74 Å². The number of hydrogen-bond acceptors (Lipinski definition) is 2. The molecule has 0 bridgehead atoms. The maximum Gasteiger partial charge on any atom is 0.238 e. The SMILES string of the molecule is COc1nccc2c(C)c(C)n(Cc3ccccc3Cl)c12.Cl. The van der Waals surface area contributed by atoms with Crippen LogP contribution in [0.4, 0.5) is 0 Å². The minimum Gasteiger partial charge on any atom is -0.479 e. The predicted molar refractivity (Wildman–Crippen MR) is 93.6 cm³/mol. The lowest BCUT2D eigenvalue weighted by molar-refractivity contribution is 0.401. The summed E-state index contributed by atoms with van der Waals surface area (Å²) in [6.45, 7) is 4.95. The topological polar surface area (TPSA) is 27.1 Å². The largest absolute Gasteiger partial charge is 0.479 e. The molecule has 0 saturated carbocycles. The second kappa shape index (κ2) is 6.59. The third-order valence-electron chi connectivity index (χ3n) is 3.99. The fraction of sp³-hybridized carbons (Fsp3) is 0.235. The van der Waals surface area contributed by atoms with Crippen LogP contribution in [0.3, 0.4) is 0 Å². The first-order chi connectivity index (χ1) is 10.1. The molecule has 116 valence electrons. The predicted octanol–water partition coefficient (Wildman–Crippen LogP) is 4.79. The molecule has 0 amide bonds. The molecule has 3 aromatic rings. The number of ether oxygens (including phenoxy) is 1. The Hall–Kier alpha value is -1.71. The molecular weight excluding hydrogens is 319 g/mol. The molecule has 0 aliphatic heterocycles. The lowest BCUT2D eigenvalue weighted by Crippen LogP contribution is -2.04. The van der Waals surface area contributed by atoms with Gasteiger partial charge in [0, 0.05) is 28.8 Å². The van der Waals surface area contributed by atoms with Crippen molar-refractivity contribution in [2.45, 2.75) is 20.4 Å². The van der Waals surface area contributed by atoms with Gasteiger partial charge >= 0.3 is 0 Å². The van der Waals surface area contributed by atoms with Gasteiger partial charge < -0.3 is 9.30 Å². The zero-order chi connectivity index (χ0) is 15.0. The minimum absolute atomic E-state index is 0. The van der Waals surface area contributed by atoms with Crippen molar-refractivity contribution in [1.82, 2.24) is 9.55 Å². The van der Waals surface area contributed by atoms with Crippen LogP contribution in [0.15, 0.2) is 36.5 Å². The number of nitrogens with zero attached hydrogens (tertiary/aromatic N) is 2. The van der Waals surface area contributed by atoms with Crippen molar-refractivity contribution in [2.24, 2.45) is 0 Å². The van der Waals surface area contributed by atoms with Crippen molar-refractivity contribution >= 4 is 34.9 Å². The second-order valence-electron chi connectivity index (χ2n) is 5.10. The van der Waals surface area contributed by atoms with Gasteiger partial charge in [0.1, 0.15) is 5.52 Å². The highest BCUT2D eigenvalue weighted by atomic mass is 35.5. The van der Waals surface area contributed by atoms with E-state index >= 15 is 0 Å². The summed E-state index contributed by atoms with van der Waals surface area (Å²) in [7, 11) is 1.65. The number of halogens is 2. The van der Waals surface area contributed by atoms with E-state index < -0.39 is 0 Å². The summed E-state index contributed by atoms with van der Waals surface area (Å²) in [6.07, 6.45) is 1.79. The molecule has 2 heterocycles. The number of pyridine rings is 1. The molecule has 5 heteroatoms. The fourth-order valence-electron chi connectivity index (χ4n) is 2.71. The van der Waals surface area contributed by atoms with Gasteiger partial charge in [0.25, 0.3) is 0 Å². The summed E-state index contributed by atoms with van der Waals surface area (Å²) in [4.78, 5) is 4.33. The molecule has 0 saturated heterocycles. The van der Waals surface area contributed by atoms with E-state index in [0.717, 1.165) is 16.1 Å². The Morgan fingerprint density at radius 1 is 1.18 bits per heavy atom. The number of fused-ring (bicyclic) bond motifs is 1. The Morgan fingerprint density at radius 3 is 2.59 bits per heavy atom. The molecule has 0 N–H and O–H groups in total. The smallest absolute Gasteiger partial charge is 0.238 e. The zero-order valence-electron chi connectivity index (χ0n) is 12.8. The molecule has 0 aliphatic rings. The number of aryl methyl sites for hydroxylation is 1. The van der Waals surface area contributed by atoms with Crippen LogP contribution in [-0.2, 0) is 6.54 Å². The molecule has 3 rings (SSSR count). The number of aromatic nitrogens is 2. The lowest BCUT2D eigenvalue weighted by Gasteiger charge is -2.11. The Morgan fingerprint density at radius 2 is 1.91 bits per heavy atom. The van der Waals surface area contributed by atoms with Gasteiger partial charge in [-0.15, -0.1) is 12.4 Å². The van der Waals surface area contributed by atoms with Crippen LogP contribution in [0.25, 0.3) is 10.9 Å². The van der Waals surface area contributed by atoms with Crippen LogP contribution in [0.2, 0.25) is 5.02 Å². The van der Waals surface area contributed by atoms with Crippen molar-refractivity contribution in [2.75, 3.05) is 7.11 Å². The Labute approximate surface area is 141 Å². The maximum absolute atomic E-state index is 6.30. The molecule has 22 heavy (non-hydrogen) atoms. The molecule has 0 unspecified atom stereocenters. The molecule has 0 atom stereocenters. The molecule has 3 nitrogen and oxygen atoms in total. The van der Waals surface area contributed by atoms with E-state index in [1.54, 1.807) is 13.3 Å². The standard InChI is InChI=1S/C17H17ClN2O.ClH/c1-11-12(2)20(10-13-6-4-5-7-15(13)18)16-14(11)8-9-19-17(16)21-3;/h4-9H,10H2,1-3H3;1H. The molecule has 2 aromatic heterocycles. The molecule has 0 radical (unpaired) electrons. The van der Waals surface area contributed by atoms with Crippen molar-refractivity contribution in [3.63, 3.8) is 0 Å². The van der Waals surface area contributed by atoms with Gasteiger partial charge in [-0.1, -0.05) is 29.8 Å². The van der Waals surface area contributed by atoms with Gasteiger partial charge in [-0.3, -0.25) is 0 Å². The van der Waals surface area contributed by atoms with E-state index in [9.17, 15) is 0 Å². The van der Waals surface area contributed by atoms with Crippen LogP contribution in [0, 0.1) is 13.8 Å². The first kappa shape index (κ1) is 16.7. The fourth-order valence-corrected chi connectivity index (χ4v) is 2.90. The Bertz CT molecular complexity index is 812. The second-order valence-corrected chi connectivity index (χ2v) is 5.51. The minimum atomic E-state index is 0. The van der Waals surface area contributed by atoms with E-state index in [1.165, 1.54) is 16.6 Å². The monoisotopic (exact) mass is 336 g/mol. The highest BCUT2D eigenvalue weighted by molar-refractivity contribution is 6.31. The Balaban J connectivity index is 0.00000176. The van der Waals surface area contributed by atoms with E-state index in [0.29, 0.717) is 12.4 Å². The van der Waals surface area contributed by atoms with Gasteiger partial charge in [-0.25, -0.2) is 4.98 Å². The summed E-state index contributed by atoms with van der Waals surface area (Å²) < 4.78 is 7.66. The first-order valence-corrected chi connectivity index (χ1v) is 7.23. The Kier molecular flexibility index (Phi) is 4.99. The highest BCUT2D eigenvalue weighted by Crippen LogP contribution is 2.32. The summed E-state index contributed by atoms with van der Waals surface area (Å²) in [5, 5.41) is 1.95. The first-order valence-electron chi connectivity index (χ1n) is 6.85. The van der Waals surface area contributed by atoms with Crippen LogP contribution in [0.1, 0.15) is 16.8 Å². The molecule has 0 fully saturated rings. The number of benzene rings is 1. The number of rotatable bonds is 3. The quantitative estimate of drug-likeness (QED) is 0.687. The average molecular weight is 337 g/mol. The van der Waals surface area contributed by atoms with Crippen molar-refractivity contribution in [1.29, 1.82) is 0 Å². The molecular formula is C17H18Cl2N2O.